The Bertz CT molecular complexity index is 727. The fourth-order valence-electron chi connectivity index (χ4n) is 2.56. The Morgan fingerprint density at radius 2 is 1.59 bits per heavy atom. The van der Waals surface area contributed by atoms with E-state index in [9.17, 15) is 0 Å². The standard InChI is InChI=1S/C19H21N3/c1-14(22(2)3)15-9-11-17(12-10-15)19-18(20-13-21-19)16-7-5-4-6-8-16/h4-14H,1-3H3,(H,20,21)/t14-/m1/s1. The van der Waals surface area contributed by atoms with Gasteiger partial charge in [-0.05, 0) is 26.6 Å². The van der Waals surface area contributed by atoms with E-state index in [2.05, 4.69) is 72.3 Å². The monoisotopic (exact) mass is 291 g/mol. The minimum atomic E-state index is 0.407. The Kier molecular flexibility index (Phi) is 4.07. The predicted molar refractivity (Wildman–Crippen MR) is 91.6 cm³/mol. The molecule has 0 fully saturated rings. The molecule has 3 rings (SSSR count). The highest BCUT2D eigenvalue weighted by Gasteiger charge is 2.12. The Morgan fingerprint density at radius 1 is 0.909 bits per heavy atom. The van der Waals surface area contributed by atoms with E-state index >= 15 is 0 Å². The molecule has 2 aromatic carbocycles. The zero-order valence-electron chi connectivity index (χ0n) is 13.2. The molecule has 1 N–H and O–H groups in total. The van der Waals surface area contributed by atoms with Crippen LogP contribution in [0, 0.1) is 0 Å². The van der Waals surface area contributed by atoms with Gasteiger partial charge in [0.2, 0.25) is 0 Å². The molecule has 112 valence electrons. The minimum absolute atomic E-state index is 0.407. The van der Waals surface area contributed by atoms with Crippen LogP contribution in [0.25, 0.3) is 22.5 Å². The first-order valence-corrected chi connectivity index (χ1v) is 7.52. The maximum absolute atomic E-state index is 4.48. The van der Waals surface area contributed by atoms with Crippen LogP contribution in [0.2, 0.25) is 0 Å². The third kappa shape index (κ3) is 2.81. The van der Waals surface area contributed by atoms with Crippen molar-refractivity contribution in [2.75, 3.05) is 14.1 Å². The molecular weight excluding hydrogens is 270 g/mol. The van der Waals surface area contributed by atoms with Crippen LogP contribution in [0.1, 0.15) is 18.5 Å². The van der Waals surface area contributed by atoms with Crippen LogP contribution in [0.3, 0.4) is 0 Å². The molecule has 1 aromatic heterocycles. The highest BCUT2D eigenvalue weighted by atomic mass is 15.1. The summed E-state index contributed by atoms with van der Waals surface area (Å²) in [4.78, 5) is 9.96. The molecule has 1 heterocycles. The lowest BCUT2D eigenvalue weighted by Crippen LogP contribution is -2.16. The lowest BCUT2D eigenvalue weighted by atomic mass is 10.0. The van der Waals surface area contributed by atoms with Gasteiger partial charge in [0.15, 0.2) is 0 Å². The van der Waals surface area contributed by atoms with Crippen LogP contribution < -0.4 is 0 Å². The number of aromatic amines is 1. The van der Waals surface area contributed by atoms with Gasteiger partial charge in [-0.15, -0.1) is 0 Å². The molecule has 1 atom stereocenters. The van der Waals surface area contributed by atoms with Gasteiger partial charge in [-0.3, -0.25) is 0 Å². The van der Waals surface area contributed by atoms with Crippen LogP contribution in [0.5, 0.6) is 0 Å². The molecule has 0 saturated carbocycles. The minimum Gasteiger partial charge on any atom is -0.344 e. The summed E-state index contributed by atoms with van der Waals surface area (Å²) < 4.78 is 0. The maximum atomic E-state index is 4.48. The average molecular weight is 291 g/mol. The normalized spacial score (nSPS) is 12.5. The zero-order chi connectivity index (χ0) is 15.5. The number of H-pyrrole nitrogens is 1. The van der Waals surface area contributed by atoms with Crippen LogP contribution in [-0.2, 0) is 0 Å². The Balaban J connectivity index is 1.95. The van der Waals surface area contributed by atoms with Crippen molar-refractivity contribution >= 4 is 0 Å². The van der Waals surface area contributed by atoms with Crippen molar-refractivity contribution in [3.63, 3.8) is 0 Å². The molecule has 0 aliphatic heterocycles. The van der Waals surface area contributed by atoms with Crippen molar-refractivity contribution in [3.05, 3.63) is 66.5 Å². The first kappa shape index (κ1) is 14.5. The summed E-state index contributed by atoms with van der Waals surface area (Å²) in [5, 5.41) is 0. The summed E-state index contributed by atoms with van der Waals surface area (Å²) >= 11 is 0. The molecule has 22 heavy (non-hydrogen) atoms. The van der Waals surface area contributed by atoms with Gasteiger partial charge in [0.25, 0.3) is 0 Å². The predicted octanol–water partition coefficient (Wildman–Crippen LogP) is 4.37. The van der Waals surface area contributed by atoms with Gasteiger partial charge in [0, 0.05) is 17.2 Å². The molecule has 0 unspecified atom stereocenters. The number of hydrogen-bond acceptors (Lipinski definition) is 2. The van der Waals surface area contributed by atoms with Gasteiger partial charge in [-0.25, -0.2) is 4.98 Å². The van der Waals surface area contributed by atoms with Gasteiger partial charge in [-0.2, -0.15) is 0 Å². The highest BCUT2D eigenvalue weighted by molar-refractivity contribution is 5.78. The van der Waals surface area contributed by atoms with E-state index in [1.54, 1.807) is 6.33 Å². The van der Waals surface area contributed by atoms with Gasteiger partial charge >= 0.3 is 0 Å². The van der Waals surface area contributed by atoms with E-state index in [0.29, 0.717) is 6.04 Å². The number of nitrogens with zero attached hydrogens (tertiary/aromatic N) is 2. The smallest absolute Gasteiger partial charge is 0.0960 e. The van der Waals surface area contributed by atoms with E-state index in [1.807, 2.05) is 18.2 Å². The van der Waals surface area contributed by atoms with Crippen molar-refractivity contribution in [2.24, 2.45) is 0 Å². The van der Waals surface area contributed by atoms with Crippen LogP contribution in [0.4, 0.5) is 0 Å². The van der Waals surface area contributed by atoms with E-state index < -0.39 is 0 Å². The highest BCUT2D eigenvalue weighted by Crippen LogP contribution is 2.29. The van der Waals surface area contributed by atoms with Crippen LogP contribution in [0.15, 0.2) is 60.9 Å². The van der Waals surface area contributed by atoms with Gasteiger partial charge in [0.1, 0.15) is 0 Å². The van der Waals surface area contributed by atoms with Crippen molar-refractivity contribution in [3.8, 4) is 22.5 Å². The Labute approximate surface area is 131 Å². The third-order valence-corrected chi connectivity index (χ3v) is 4.14. The fourth-order valence-corrected chi connectivity index (χ4v) is 2.56. The van der Waals surface area contributed by atoms with Gasteiger partial charge in [0.05, 0.1) is 17.7 Å². The molecule has 0 spiro atoms. The SMILES string of the molecule is C[C@H](c1ccc(-c2[nH]cnc2-c2ccccc2)cc1)N(C)C. The second-order valence-corrected chi connectivity index (χ2v) is 5.75. The maximum Gasteiger partial charge on any atom is 0.0960 e. The lowest BCUT2D eigenvalue weighted by Gasteiger charge is -2.20. The van der Waals surface area contributed by atoms with Crippen molar-refractivity contribution in [2.45, 2.75) is 13.0 Å². The number of hydrogen-bond donors (Lipinski definition) is 1. The molecule has 0 radical (unpaired) electrons. The number of imidazole rings is 1. The topological polar surface area (TPSA) is 31.9 Å². The first-order chi connectivity index (χ1) is 10.7. The second-order valence-electron chi connectivity index (χ2n) is 5.75. The summed E-state index contributed by atoms with van der Waals surface area (Å²) in [6.45, 7) is 2.21. The summed E-state index contributed by atoms with van der Waals surface area (Å²) in [5.41, 5.74) is 5.66. The Hall–Kier alpha value is -2.39. The molecule has 0 bridgehead atoms. The molecule has 3 aromatic rings. The number of nitrogens with one attached hydrogen (secondary N) is 1. The molecule has 0 aliphatic rings. The first-order valence-electron chi connectivity index (χ1n) is 7.52. The number of benzene rings is 2. The van der Waals surface area contributed by atoms with Crippen LogP contribution >= 0.6 is 0 Å². The quantitative estimate of drug-likeness (QED) is 0.774. The van der Waals surface area contributed by atoms with E-state index in [0.717, 1.165) is 22.5 Å². The van der Waals surface area contributed by atoms with Gasteiger partial charge < -0.3 is 9.88 Å². The lowest BCUT2D eigenvalue weighted by molar-refractivity contribution is 0.321. The van der Waals surface area contributed by atoms with Crippen molar-refractivity contribution in [1.29, 1.82) is 0 Å². The second kappa shape index (κ2) is 6.16. The molecule has 3 nitrogen and oxygen atoms in total. The van der Waals surface area contributed by atoms with E-state index in [4.69, 9.17) is 0 Å². The van der Waals surface area contributed by atoms with Crippen molar-refractivity contribution < 1.29 is 0 Å². The summed E-state index contributed by atoms with van der Waals surface area (Å²) in [7, 11) is 4.20. The summed E-state index contributed by atoms with van der Waals surface area (Å²) in [6.07, 6.45) is 1.76. The summed E-state index contributed by atoms with van der Waals surface area (Å²) in [6, 6.07) is 19.4. The van der Waals surface area contributed by atoms with E-state index in [1.165, 1.54) is 5.56 Å². The largest absolute Gasteiger partial charge is 0.344 e. The summed E-state index contributed by atoms with van der Waals surface area (Å²) in [5.74, 6) is 0. The third-order valence-electron chi connectivity index (χ3n) is 4.14. The van der Waals surface area contributed by atoms with Crippen molar-refractivity contribution in [1.82, 2.24) is 14.9 Å². The number of aromatic nitrogens is 2. The average Bonchev–Trinajstić information content (AvgIpc) is 3.04. The molecule has 0 amide bonds. The zero-order valence-corrected chi connectivity index (χ0v) is 13.2. The van der Waals surface area contributed by atoms with E-state index in [-0.39, 0.29) is 0 Å². The van der Waals surface area contributed by atoms with Crippen LogP contribution in [-0.4, -0.2) is 29.0 Å². The Morgan fingerprint density at radius 3 is 2.23 bits per heavy atom. The van der Waals surface area contributed by atoms with Gasteiger partial charge in [-0.1, -0.05) is 54.6 Å². The fraction of sp³-hybridized carbons (Fsp3) is 0.211. The molecular formula is C19H21N3. The molecule has 0 aliphatic carbocycles. The molecule has 3 heteroatoms. The number of rotatable bonds is 4. The molecule has 0 saturated heterocycles.